The summed E-state index contributed by atoms with van der Waals surface area (Å²) in [5.74, 6) is -4.06. The number of aryl methyl sites for hydroxylation is 1. The fourth-order valence-electron chi connectivity index (χ4n) is 4.28. The number of Topliss-reactive ketones (excluding diaryl/α,β-unsaturated/α-hetero) is 1. The molecule has 1 saturated carbocycles. The number of alkyl halides is 3. The number of para-hydroxylation sites is 1. The van der Waals surface area contributed by atoms with Crippen LogP contribution in [0.1, 0.15) is 50.4 Å². The summed E-state index contributed by atoms with van der Waals surface area (Å²) in [4.78, 5) is 38.2. The Kier molecular flexibility index (Phi) is 5.67. The van der Waals surface area contributed by atoms with E-state index in [4.69, 9.17) is 9.15 Å². The first-order valence-electron chi connectivity index (χ1n) is 10.5. The van der Waals surface area contributed by atoms with E-state index in [1.54, 1.807) is 0 Å². The summed E-state index contributed by atoms with van der Waals surface area (Å²) in [6.45, 7) is 4.42. The number of esters is 1. The molecule has 2 aliphatic rings. The second-order valence-electron chi connectivity index (χ2n) is 8.37. The van der Waals surface area contributed by atoms with Gasteiger partial charge in [0, 0.05) is 28.6 Å². The molecule has 0 spiro atoms. The molecule has 0 amide bonds. The first-order valence-corrected chi connectivity index (χ1v) is 10.5. The molecule has 9 heteroatoms. The Hall–Kier alpha value is -3.36. The number of dihydropyridines is 1. The minimum absolute atomic E-state index is 0.0245. The number of benzene rings is 1. The molecule has 33 heavy (non-hydrogen) atoms. The second kappa shape index (κ2) is 8.20. The quantitative estimate of drug-likeness (QED) is 0.672. The van der Waals surface area contributed by atoms with Crippen LogP contribution in [0.3, 0.4) is 0 Å². The summed E-state index contributed by atoms with van der Waals surface area (Å²) >= 11 is 0. The number of ketones is 1. The van der Waals surface area contributed by atoms with Gasteiger partial charge in [-0.3, -0.25) is 9.59 Å². The second-order valence-corrected chi connectivity index (χ2v) is 8.37. The monoisotopic (exact) mass is 461 g/mol. The zero-order chi connectivity index (χ0) is 24.1. The molecule has 0 radical (unpaired) electrons. The van der Waals surface area contributed by atoms with Crippen LogP contribution < -0.4 is 10.7 Å². The summed E-state index contributed by atoms with van der Waals surface area (Å²) in [6, 6.07) is 5.70. The summed E-state index contributed by atoms with van der Waals surface area (Å²) < 4.78 is 52.1. The lowest BCUT2D eigenvalue weighted by atomic mass is 9.78. The minimum Gasteiger partial charge on any atom is -0.461 e. The van der Waals surface area contributed by atoms with Crippen LogP contribution in [0.2, 0.25) is 0 Å². The van der Waals surface area contributed by atoms with Gasteiger partial charge in [0.15, 0.2) is 5.43 Å². The van der Waals surface area contributed by atoms with E-state index in [0.717, 1.165) is 6.42 Å². The number of hydrogen-bond acceptors (Lipinski definition) is 6. The number of carbonyl (C=O) groups excluding carboxylic acids is 2. The Morgan fingerprint density at radius 3 is 2.36 bits per heavy atom. The minimum atomic E-state index is -5.17. The van der Waals surface area contributed by atoms with Crippen LogP contribution >= 0.6 is 0 Å². The van der Waals surface area contributed by atoms with E-state index in [0.29, 0.717) is 12.8 Å². The standard InChI is InChI=1S/C24H22F3NO5/c1-11-10-17(29)15-8-5-9-16(21(15)32-11)20-18(22(30)24(25,26)27)12(2)28-13(3)19(20)23(31)33-14-6-4-7-14/h5,8-10,14,20,28H,4,6-7H2,1-3H3. The maximum Gasteiger partial charge on any atom is 0.454 e. The summed E-state index contributed by atoms with van der Waals surface area (Å²) in [7, 11) is 0. The number of hydrogen-bond donors (Lipinski definition) is 1. The molecule has 0 bridgehead atoms. The molecule has 1 aliphatic heterocycles. The Labute approximate surface area is 187 Å². The molecule has 4 rings (SSSR count). The topological polar surface area (TPSA) is 85.6 Å². The molecule has 1 atom stereocenters. The molecule has 1 fully saturated rings. The smallest absolute Gasteiger partial charge is 0.454 e. The largest absolute Gasteiger partial charge is 0.461 e. The number of allylic oxidation sites excluding steroid dienone is 3. The number of rotatable bonds is 4. The van der Waals surface area contributed by atoms with Crippen molar-refractivity contribution in [2.75, 3.05) is 0 Å². The van der Waals surface area contributed by atoms with Crippen LogP contribution in [-0.2, 0) is 14.3 Å². The van der Waals surface area contributed by atoms with Gasteiger partial charge < -0.3 is 14.5 Å². The van der Waals surface area contributed by atoms with Crippen molar-refractivity contribution in [2.45, 2.75) is 58.2 Å². The van der Waals surface area contributed by atoms with Gasteiger partial charge in [0.05, 0.1) is 16.9 Å². The van der Waals surface area contributed by atoms with Crippen LogP contribution in [0.15, 0.2) is 56.0 Å². The third-order valence-corrected chi connectivity index (χ3v) is 6.03. The number of nitrogens with one attached hydrogen (secondary N) is 1. The summed E-state index contributed by atoms with van der Waals surface area (Å²) in [5, 5.41) is 2.87. The highest BCUT2D eigenvalue weighted by molar-refractivity contribution is 6.06. The fraction of sp³-hybridized carbons (Fsp3) is 0.375. The van der Waals surface area contributed by atoms with Crippen molar-refractivity contribution in [3.63, 3.8) is 0 Å². The van der Waals surface area contributed by atoms with Crippen molar-refractivity contribution >= 4 is 22.7 Å². The lowest BCUT2D eigenvalue weighted by molar-refractivity contribution is -0.167. The Bertz CT molecular complexity index is 1280. The Balaban J connectivity index is 1.98. The van der Waals surface area contributed by atoms with Crippen molar-refractivity contribution in [3.05, 3.63) is 68.4 Å². The van der Waals surface area contributed by atoms with E-state index in [2.05, 4.69) is 5.32 Å². The lowest BCUT2D eigenvalue weighted by Gasteiger charge is -2.33. The third-order valence-electron chi connectivity index (χ3n) is 6.03. The molecule has 0 saturated heterocycles. The fourth-order valence-corrected chi connectivity index (χ4v) is 4.28. The average molecular weight is 461 g/mol. The highest BCUT2D eigenvalue weighted by Gasteiger charge is 2.48. The molecule has 1 aromatic heterocycles. The van der Waals surface area contributed by atoms with Crippen molar-refractivity contribution in [2.24, 2.45) is 0 Å². The third kappa shape index (κ3) is 4.07. The van der Waals surface area contributed by atoms with Crippen molar-refractivity contribution in [3.8, 4) is 0 Å². The Morgan fingerprint density at radius 2 is 1.76 bits per heavy atom. The highest BCUT2D eigenvalue weighted by atomic mass is 19.4. The van der Waals surface area contributed by atoms with Crippen LogP contribution in [0, 0.1) is 6.92 Å². The van der Waals surface area contributed by atoms with E-state index in [9.17, 15) is 27.6 Å². The summed E-state index contributed by atoms with van der Waals surface area (Å²) in [5.41, 5.74) is -0.757. The van der Waals surface area contributed by atoms with E-state index < -0.39 is 29.4 Å². The maximum atomic E-state index is 13.6. The molecule has 174 valence electrons. The van der Waals surface area contributed by atoms with Gasteiger partial charge in [-0.1, -0.05) is 12.1 Å². The molecule has 1 aromatic carbocycles. The van der Waals surface area contributed by atoms with Gasteiger partial charge >= 0.3 is 12.1 Å². The molecule has 2 aromatic rings. The lowest BCUT2D eigenvalue weighted by Crippen LogP contribution is -2.37. The SMILES string of the molecule is CC1=C(C(=O)OC2CCC2)C(c2cccc3c(=O)cc(C)oc23)C(C(=O)C(F)(F)F)=C(C)N1. The zero-order valence-corrected chi connectivity index (χ0v) is 18.3. The normalized spacial score (nSPS) is 19.4. The van der Waals surface area contributed by atoms with Crippen LogP contribution in [-0.4, -0.2) is 24.0 Å². The maximum absolute atomic E-state index is 13.6. The first-order chi connectivity index (χ1) is 15.5. The highest BCUT2D eigenvalue weighted by Crippen LogP contribution is 2.44. The van der Waals surface area contributed by atoms with Crippen molar-refractivity contribution in [1.82, 2.24) is 5.32 Å². The van der Waals surface area contributed by atoms with Gasteiger partial charge in [-0.2, -0.15) is 13.2 Å². The molecule has 1 N–H and O–H groups in total. The van der Waals surface area contributed by atoms with E-state index in [1.807, 2.05) is 0 Å². The van der Waals surface area contributed by atoms with Gasteiger partial charge in [0.1, 0.15) is 17.4 Å². The van der Waals surface area contributed by atoms with Crippen LogP contribution in [0.5, 0.6) is 0 Å². The molecular formula is C24H22F3NO5. The number of halogens is 3. The Morgan fingerprint density at radius 1 is 1.09 bits per heavy atom. The average Bonchev–Trinajstić information content (AvgIpc) is 2.68. The van der Waals surface area contributed by atoms with Crippen molar-refractivity contribution < 1.29 is 31.9 Å². The molecule has 2 heterocycles. The van der Waals surface area contributed by atoms with Gasteiger partial charge in [0.2, 0.25) is 0 Å². The van der Waals surface area contributed by atoms with E-state index >= 15 is 0 Å². The number of fused-ring (bicyclic) bond motifs is 1. The zero-order valence-electron chi connectivity index (χ0n) is 18.3. The first kappa shape index (κ1) is 22.8. The van der Waals surface area contributed by atoms with Gasteiger partial charge in [-0.05, 0) is 46.1 Å². The van der Waals surface area contributed by atoms with E-state index in [1.165, 1.54) is 45.0 Å². The number of ether oxygens (including phenoxy) is 1. The van der Waals surface area contributed by atoms with Gasteiger partial charge in [0.25, 0.3) is 5.78 Å². The predicted molar refractivity (Wildman–Crippen MR) is 113 cm³/mol. The molecule has 1 unspecified atom stereocenters. The van der Waals surface area contributed by atoms with Crippen LogP contribution in [0.25, 0.3) is 11.0 Å². The molecule has 1 aliphatic carbocycles. The van der Waals surface area contributed by atoms with E-state index in [-0.39, 0.29) is 50.8 Å². The van der Waals surface area contributed by atoms with Gasteiger partial charge in [-0.25, -0.2) is 4.79 Å². The predicted octanol–water partition coefficient (Wildman–Crippen LogP) is 4.56. The van der Waals surface area contributed by atoms with Crippen LogP contribution in [0.4, 0.5) is 13.2 Å². The summed E-state index contributed by atoms with van der Waals surface area (Å²) in [6.07, 6.45) is -3.27. The number of carbonyl (C=O) groups is 2. The van der Waals surface area contributed by atoms with Crippen molar-refractivity contribution in [1.29, 1.82) is 0 Å². The molecule has 6 nitrogen and oxygen atoms in total. The van der Waals surface area contributed by atoms with Gasteiger partial charge in [-0.15, -0.1) is 0 Å². The molecular weight excluding hydrogens is 439 g/mol.